The molecule has 3 nitrogen and oxygen atoms in total. The Morgan fingerprint density at radius 2 is 1.81 bits per heavy atom. The van der Waals surface area contributed by atoms with E-state index >= 15 is 0 Å². The second-order valence-corrected chi connectivity index (χ2v) is 6.28. The highest BCUT2D eigenvalue weighted by molar-refractivity contribution is 5.78. The van der Waals surface area contributed by atoms with Crippen LogP contribution in [0.2, 0.25) is 0 Å². The van der Waals surface area contributed by atoms with Gasteiger partial charge >= 0.3 is 6.18 Å². The van der Waals surface area contributed by atoms with Crippen LogP contribution in [0.1, 0.15) is 46.5 Å². The van der Waals surface area contributed by atoms with Crippen LogP contribution < -0.4 is 0 Å². The molecule has 1 amide bonds. The molecule has 124 valence electrons. The average Bonchev–Trinajstić information content (AvgIpc) is 2.86. The van der Waals surface area contributed by atoms with Gasteiger partial charge in [-0.3, -0.25) is 9.69 Å². The average molecular weight is 308 g/mol. The Morgan fingerprint density at radius 3 is 2.24 bits per heavy atom. The van der Waals surface area contributed by atoms with Crippen molar-refractivity contribution in [3.63, 3.8) is 0 Å². The summed E-state index contributed by atoms with van der Waals surface area (Å²) in [5.74, 6) is -0.382. The molecule has 21 heavy (non-hydrogen) atoms. The minimum Gasteiger partial charge on any atom is -0.332 e. The molecular formula is C15H27F3N2O. The number of rotatable bonds is 7. The molecule has 0 unspecified atom stereocenters. The zero-order valence-electron chi connectivity index (χ0n) is 13.2. The maximum absolute atomic E-state index is 12.6. The number of carbonyl (C=O) groups is 1. The summed E-state index contributed by atoms with van der Waals surface area (Å²) in [5, 5.41) is 0. The molecule has 1 saturated carbocycles. The van der Waals surface area contributed by atoms with Crippen molar-refractivity contribution in [3.8, 4) is 0 Å². The van der Waals surface area contributed by atoms with Crippen molar-refractivity contribution in [1.29, 1.82) is 0 Å². The predicted molar refractivity (Wildman–Crippen MR) is 77.0 cm³/mol. The summed E-state index contributed by atoms with van der Waals surface area (Å²) in [6, 6.07) is 0.353. The molecule has 0 saturated heterocycles. The molecule has 1 aliphatic rings. The van der Waals surface area contributed by atoms with Crippen LogP contribution in [0.25, 0.3) is 0 Å². The number of alkyl halides is 3. The molecule has 0 aromatic carbocycles. The maximum Gasteiger partial charge on any atom is 0.406 e. The van der Waals surface area contributed by atoms with Crippen molar-refractivity contribution in [2.75, 3.05) is 26.2 Å². The van der Waals surface area contributed by atoms with Crippen molar-refractivity contribution in [2.45, 2.75) is 58.7 Å². The Labute approximate surface area is 125 Å². The summed E-state index contributed by atoms with van der Waals surface area (Å²) in [4.78, 5) is 15.3. The van der Waals surface area contributed by atoms with Gasteiger partial charge in [0.15, 0.2) is 0 Å². The number of carbonyl (C=O) groups excluding carboxylic acids is 1. The fraction of sp³-hybridized carbons (Fsp3) is 0.933. The molecule has 0 radical (unpaired) electrons. The maximum atomic E-state index is 12.6. The van der Waals surface area contributed by atoms with E-state index in [1.54, 1.807) is 0 Å². The van der Waals surface area contributed by atoms with Gasteiger partial charge in [-0.25, -0.2) is 0 Å². The number of amides is 1. The molecule has 0 heterocycles. The first-order valence-corrected chi connectivity index (χ1v) is 7.81. The van der Waals surface area contributed by atoms with E-state index in [0.717, 1.165) is 30.6 Å². The molecule has 0 aromatic rings. The molecule has 1 rings (SSSR count). The highest BCUT2D eigenvalue weighted by atomic mass is 19.4. The van der Waals surface area contributed by atoms with Crippen LogP contribution in [-0.4, -0.2) is 54.1 Å². The molecule has 1 aliphatic carbocycles. The molecule has 0 N–H and O–H groups in total. The highest BCUT2D eigenvalue weighted by Crippen LogP contribution is 2.24. The molecule has 6 heteroatoms. The summed E-state index contributed by atoms with van der Waals surface area (Å²) in [6.07, 6.45) is 0.0470. The zero-order valence-corrected chi connectivity index (χ0v) is 13.2. The smallest absolute Gasteiger partial charge is 0.332 e. The van der Waals surface area contributed by atoms with Crippen molar-refractivity contribution in [2.24, 2.45) is 5.92 Å². The van der Waals surface area contributed by atoms with Crippen molar-refractivity contribution >= 4 is 5.91 Å². The minimum atomic E-state index is -4.34. The molecule has 1 fully saturated rings. The first-order valence-electron chi connectivity index (χ1n) is 7.81. The van der Waals surface area contributed by atoms with Crippen LogP contribution in [-0.2, 0) is 4.79 Å². The van der Waals surface area contributed by atoms with E-state index in [1.807, 2.05) is 25.7 Å². The Morgan fingerprint density at radius 1 is 1.24 bits per heavy atom. The van der Waals surface area contributed by atoms with E-state index in [0.29, 0.717) is 12.6 Å². The van der Waals surface area contributed by atoms with Crippen LogP contribution >= 0.6 is 0 Å². The number of hydrogen-bond donors (Lipinski definition) is 0. The first kappa shape index (κ1) is 18.3. The van der Waals surface area contributed by atoms with Gasteiger partial charge < -0.3 is 4.90 Å². The third-order valence-electron chi connectivity index (χ3n) is 3.89. The van der Waals surface area contributed by atoms with E-state index in [-0.39, 0.29) is 19.0 Å². The third kappa shape index (κ3) is 6.68. The van der Waals surface area contributed by atoms with Crippen molar-refractivity contribution < 1.29 is 18.0 Å². The Balaban J connectivity index is 2.64. The monoisotopic (exact) mass is 308 g/mol. The Bertz CT molecular complexity index is 325. The van der Waals surface area contributed by atoms with Gasteiger partial charge in [0.25, 0.3) is 0 Å². The summed E-state index contributed by atoms with van der Waals surface area (Å²) < 4.78 is 37.9. The van der Waals surface area contributed by atoms with Gasteiger partial charge in [-0.2, -0.15) is 13.2 Å². The zero-order chi connectivity index (χ0) is 16.0. The fourth-order valence-electron chi connectivity index (χ4n) is 2.95. The Kier molecular flexibility index (Phi) is 6.97. The molecule has 0 aliphatic heterocycles. The lowest BCUT2D eigenvalue weighted by Crippen LogP contribution is -2.47. The third-order valence-corrected chi connectivity index (χ3v) is 3.89. The molecular weight excluding hydrogens is 281 g/mol. The molecule has 0 aromatic heterocycles. The van der Waals surface area contributed by atoms with Gasteiger partial charge in [0.2, 0.25) is 5.91 Å². The quantitative estimate of drug-likeness (QED) is 0.720. The van der Waals surface area contributed by atoms with Crippen molar-refractivity contribution in [3.05, 3.63) is 0 Å². The van der Waals surface area contributed by atoms with E-state index in [4.69, 9.17) is 0 Å². The summed E-state index contributed by atoms with van der Waals surface area (Å²) in [7, 11) is 0. The standard InChI is InChI=1S/C15H27F3N2O/c1-4-19(13-7-5-6-8-13)10-14(21)20(9-12(2)3)11-15(16,17)18/h12-13H,4-11H2,1-3H3. The van der Waals surface area contributed by atoms with E-state index in [2.05, 4.69) is 0 Å². The summed E-state index contributed by atoms with van der Waals surface area (Å²) in [5.41, 5.74) is 0. The molecule has 0 atom stereocenters. The van der Waals surface area contributed by atoms with Crippen LogP contribution in [0, 0.1) is 5.92 Å². The lowest BCUT2D eigenvalue weighted by molar-refractivity contribution is -0.163. The van der Waals surface area contributed by atoms with Gasteiger partial charge in [0.1, 0.15) is 6.54 Å². The van der Waals surface area contributed by atoms with Gasteiger partial charge in [-0.1, -0.05) is 33.6 Å². The fourth-order valence-corrected chi connectivity index (χ4v) is 2.95. The van der Waals surface area contributed by atoms with Crippen molar-refractivity contribution in [1.82, 2.24) is 9.80 Å². The van der Waals surface area contributed by atoms with Crippen LogP contribution in [0.15, 0.2) is 0 Å². The van der Waals surface area contributed by atoms with Gasteiger partial charge in [-0.15, -0.1) is 0 Å². The largest absolute Gasteiger partial charge is 0.406 e. The number of halogens is 3. The number of likely N-dealkylation sites (N-methyl/N-ethyl adjacent to an activating group) is 1. The molecule has 0 spiro atoms. The van der Waals surface area contributed by atoms with Crippen LogP contribution in [0.3, 0.4) is 0 Å². The summed E-state index contributed by atoms with van der Waals surface area (Å²) in [6.45, 7) is 5.42. The number of nitrogens with zero attached hydrogens (tertiary/aromatic N) is 2. The Hall–Kier alpha value is -0.780. The SMILES string of the molecule is CCN(CC(=O)N(CC(C)C)CC(F)(F)F)C1CCCC1. The van der Waals surface area contributed by atoms with Gasteiger partial charge in [0, 0.05) is 12.6 Å². The van der Waals surface area contributed by atoms with Crippen LogP contribution in [0.4, 0.5) is 13.2 Å². The highest BCUT2D eigenvalue weighted by Gasteiger charge is 2.34. The summed E-state index contributed by atoms with van der Waals surface area (Å²) >= 11 is 0. The predicted octanol–water partition coefficient (Wildman–Crippen LogP) is 3.30. The van der Waals surface area contributed by atoms with Gasteiger partial charge in [-0.05, 0) is 25.3 Å². The molecule has 0 bridgehead atoms. The first-order chi connectivity index (χ1) is 9.73. The second-order valence-electron chi connectivity index (χ2n) is 6.28. The number of hydrogen-bond acceptors (Lipinski definition) is 2. The van der Waals surface area contributed by atoms with E-state index < -0.39 is 18.6 Å². The van der Waals surface area contributed by atoms with E-state index in [9.17, 15) is 18.0 Å². The second kappa shape index (κ2) is 8.01. The van der Waals surface area contributed by atoms with Crippen LogP contribution in [0.5, 0.6) is 0 Å². The lowest BCUT2D eigenvalue weighted by Gasteiger charge is -2.31. The topological polar surface area (TPSA) is 23.6 Å². The van der Waals surface area contributed by atoms with E-state index in [1.165, 1.54) is 0 Å². The lowest BCUT2D eigenvalue weighted by atomic mass is 10.2. The van der Waals surface area contributed by atoms with Gasteiger partial charge in [0.05, 0.1) is 6.54 Å². The normalized spacial score (nSPS) is 17.0. The minimum absolute atomic E-state index is 0.0258.